The zero-order valence-electron chi connectivity index (χ0n) is 14.7. The van der Waals surface area contributed by atoms with Crippen LogP contribution >= 0.6 is 11.3 Å². The van der Waals surface area contributed by atoms with Crippen molar-refractivity contribution in [2.75, 3.05) is 12.4 Å². The Hall–Kier alpha value is -1.63. The van der Waals surface area contributed by atoms with Crippen LogP contribution in [0.5, 0.6) is 0 Å². The third-order valence-corrected chi connectivity index (χ3v) is 5.15. The highest BCUT2D eigenvalue weighted by Gasteiger charge is 2.24. The summed E-state index contributed by atoms with van der Waals surface area (Å²) in [5.41, 5.74) is 1.12. The fourth-order valence-electron chi connectivity index (χ4n) is 2.86. The zero-order valence-corrected chi connectivity index (χ0v) is 15.5. The minimum Gasteiger partial charge on any atom is -0.453 e. The highest BCUT2D eigenvalue weighted by atomic mass is 32.1. The molecule has 2 N–H and O–H groups in total. The number of anilines is 1. The molecule has 1 aliphatic carbocycles. The predicted octanol–water partition coefficient (Wildman–Crippen LogP) is 3.51. The summed E-state index contributed by atoms with van der Waals surface area (Å²) in [7, 11) is 1.29. The monoisotopic (exact) mass is 353 g/mol. The Kier molecular flexibility index (Phi) is 7.02. The van der Waals surface area contributed by atoms with Crippen LogP contribution in [0.15, 0.2) is 0 Å². The first-order valence-electron chi connectivity index (χ1n) is 8.63. The number of fused-ring (bicyclic) bond motifs is 1. The first kappa shape index (κ1) is 18.7. The van der Waals surface area contributed by atoms with Crippen LogP contribution < -0.4 is 10.6 Å². The molecule has 0 fully saturated rings. The van der Waals surface area contributed by atoms with E-state index in [4.69, 9.17) is 0 Å². The van der Waals surface area contributed by atoms with Gasteiger partial charge >= 0.3 is 6.09 Å². The van der Waals surface area contributed by atoms with Gasteiger partial charge in [0.15, 0.2) is 5.13 Å². The van der Waals surface area contributed by atoms with Crippen molar-refractivity contribution in [2.45, 2.75) is 64.8 Å². The summed E-state index contributed by atoms with van der Waals surface area (Å²) in [6.07, 6.45) is 6.83. The number of amides is 2. The molecular weight excluding hydrogens is 326 g/mol. The molecule has 134 valence electrons. The van der Waals surface area contributed by atoms with Gasteiger partial charge in [-0.15, -0.1) is 11.3 Å². The van der Waals surface area contributed by atoms with Gasteiger partial charge in [0.25, 0.3) is 0 Å². The second-order valence-corrected chi connectivity index (χ2v) is 7.69. The van der Waals surface area contributed by atoms with E-state index in [1.165, 1.54) is 31.2 Å². The van der Waals surface area contributed by atoms with Crippen molar-refractivity contribution in [3.63, 3.8) is 0 Å². The first-order chi connectivity index (χ1) is 11.5. The Morgan fingerprint density at radius 2 is 1.92 bits per heavy atom. The second-order valence-electron chi connectivity index (χ2n) is 6.61. The Balaban J connectivity index is 2.05. The van der Waals surface area contributed by atoms with Crippen molar-refractivity contribution in [3.8, 4) is 0 Å². The number of aromatic nitrogens is 1. The van der Waals surface area contributed by atoms with Crippen LogP contribution in [0.4, 0.5) is 9.93 Å². The van der Waals surface area contributed by atoms with Gasteiger partial charge in [-0.05, 0) is 38.0 Å². The van der Waals surface area contributed by atoms with Crippen molar-refractivity contribution < 1.29 is 14.3 Å². The van der Waals surface area contributed by atoms with Crippen LogP contribution in [0, 0.1) is 5.92 Å². The van der Waals surface area contributed by atoms with Gasteiger partial charge in [0.05, 0.1) is 12.8 Å². The van der Waals surface area contributed by atoms with E-state index in [1.807, 2.05) is 13.8 Å². The fourth-order valence-corrected chi connectivity index (χ4v) is 3.91. The van der Waals surface area contributed by atoms with Gasteiger partial charge in [0.1, 0.15) is 6.04 Å². The highest BCUT2D eigenvalue weighted by Crippen LogP contribution is 2.28. The van der Waals surface area contributed by atoms with Gasteiger partial charge in [-0.1, -0.05) is 26.7 Å². The summed E-state index contributed by atoms with van der Waals surface area (Å²) in [4.78, 5) is 29.9. The number of hydrogen-bond acceptors (Lipinski definition) is 5. The molecule has 2 rings (SSSR count). The van der Waals surface area contributed by atoms with Crippen LogP contribution in [-0.4, -0.2) is 30.1 Å². The van der Waals surface area contributed by atoms with Gasteiger partial charge in [-0.3, -0.25) is 4.79 Å². The number of nitrogens with one attached hydrogen (secondary N) is 2. The number of aryl methyl sites for hydroxylation is 2. The fraction of sp³-hybridized carbons (Fsp3) is 0.706. The molecule has 1 aliphatic rings. The number of nitrogens with zero attached hydrogens (tertiary/aromatic N) is 1. The Labute approximate surface area is 147 Å². The standard InChI is InChI=1S/C17H27N3O3S/c1-11(2)10-13(19-17(22)23-3)15(21)20-16-18-12-8-6-4-5-7-9-14(12)24-16/h11,13H,4-10H2,1-3H3,(H,19,22)(H,18,20,21). The lowest BCUT2D eigenvalue weighted by atomic mass is 10.0. The quantitative estimate of drug-likeness (QED) is 0.849. The molecule has 1 aromatic heterocycles. The van der Waals surface area contributed by atoms with Crippen molar-refractivity contribution in [1.29, 1.82) is 0 Å². The SMILES string of the molecule is COC(=O)NC(CC(C)C)C(=O)Nc1nc2c(s1)CCCCCC2. The predicted molar refractivity (Wildman–Crippen MR) is 95.4 cm³/mol. The molecule has 1 unspecified atom stereocenters. The molecule has 7 heteroatoms. The molecule has 24 heavy (non-hydrogen) atoms. The van der Waals surface area contributed by atoms with Gasteiger partial charge in [-0.2, -0.15) is 0 Å². The maximum atomic E-state index is 12.5. The maximum Gasteiger partial charge on any atom is 0.407 e. The lowest BCUT2D eigenvalue weighted by Gasteiger charge is -2.18. The van der Waals surface area contributed by atoms with Gasteiger partial charge in [0.2, 0.25) is 5.91 Å². The molecule has 0 bridgehead atoms. The van der Waals surface area contributed by atoms with E-state index >= 15 is 0 Å². The van der Waals surface area contributed by atoms with E-state index in [2.05, 4.69) is 20.4 Å². The van der Waals surface area contributed by atoms with Gasteiger partial charge in [0, 0.05) is 4.88 Å². The number of carbonyl (C=O) groups is 2. The number of ether oxygens (including phenoxy) is 1. The first-order valence-corrected chi connectivity index (χ1v) is 9.45. The molecule has 0 saturated carbocycles. The molecule has 2 amide bonds. The molecule has 0 aliphatic heterocycles. The number of alkyl carbamates (subject to hydrolysis) is 1. The summed E-state index contributed by atoms with van der Waals surface area (Å²) in [5, 5.41) is 6.11. The molecular formula is C17H27N3O3S. The maximum absolute atomic E-state index is 12.5. The van der Waals surface area contributed by atoms with E-state index in [0.29, 0.717) is 11.6 Å². The number of methoxy groups -OCH3 is 1. The van der Waals surface area contributed by atoms with Crippen LogP contribution in [0.1, 0.15) is 56.5 Å². The summed E-state index contributed by atoms with van der Waals surface area (Å²) in [6.45, 7) is 4.02. The molecule has 1 aromatic rings. The van der Waals surface area contributed by atoms with Gasteiger partial charge in [-0.25, -0.2) is 9.78 Å². The Morgan fingerprint density at radius 3 is 2.58 bits per heavy atom. The average Bonchev–Trinajstić information content (AvgIpc) is 2.87. The zero-order chi connectivity index (χ0) is 17.5. The summed E-state index contributed by atoms with van der Waals surface area (Å²) in [6, 6.07) is -0.621. The summed E-state index contributed by atoms with van der Waals surface area (Å²) >= 11 is 1.56. The van der Waals surface area contributed by atoms with Crippen LogP contribution in [0.25, 0.3) is 0 Å². The molecule has 0 spiro atoms. The van der Waals surface area contributed by atoms with E-state index < -0.39 is 12.1 Å². The van der Waals surface area contributed by atoms with Gasteiger partial charge < -0.3 is 15.4 Å². The van der Waals surface area contributed by atoms with Crippen LogP contribution in [-0.2, 0) is 22.4 Å². The lowest BCUT2D eigenvalue weighted by molar-refractivity contribution is -0.118. The Bertz CT molecular complexity index is 546. The van der Waals surface area contributed by atoms with Crippen molar-refractivity contribution in [2.24, 2.45) is 5.92 Å². The largest absolute Gasteiger partial charge is 0.453 e. The number of thiazole rings is 1. The van der Waals surface area contributed by atoms with E-state index in [-0.39, 0.29) is 11.8 Å². The normalized spacial score (nSPS) is 15.8. The third-order valence-electron chi connectivity index (χ3n) is 4.08. The molecule has 1 atom stereocenters. The number of rotatable bonds is 5. The summed E-state index contributed by atoms with van der Waals surface area (Å²) in [5.74, 6) is 0.0326. The topological polar surface area (TPSA) is 80.3 Å². The average molecular weight is 353 g/mol. The van der Waals surface area contributed by atoms with Crippen molar-refractivity contribution in [1.82, 2.24) is 10.3 Å². The molecule has 0 aromatic carbocycles. The number of hydrogen-bond donors (Lipinski definition) is 2. The minimum atomic E-state index is -0.621. The highest BCUT2D eigenvalue weighted by molar-refractivity contribution is 7.15. The molecule has 0 radical (unpaired) electrons. The van der Waals surface area contributed by atoms with E-state index in [9.17, 15) is 9.59 Å². The van der Waals surface area contributed by atoms with Crippen LogP contribution in [0.2, 0.25) is 0 Å². The molecule has 1 heterocycles. The second kappa shape index (κ2) is 9.01. The van der Waals surface area contributed by atoms with Crippen molar-refractivity contribution >= 4 is 28.5 Å². The minimum absolute atomic E-state index is 0.240. The third kappa shape index (κ3) is 5.47. The summed E-state index contributed by atoms with van der Waals surface area (Å²) < 4.78 is 4.61. The number of carbonyl (C=O) groups excluding carboxylic acids is 2. The van der Waals surface area contributed by atoms with Crippen LogP contribution in [0.3, 0.4) is 0 Å². The van der Waals surface area contributed by atoms with E-state index in [0.717, 1.165) is 25.0 Å². The molecule has 0 saturated heterocycles. The van der Waals surface area contributed by atoms with E-state index in [1.54, 1.807) is 11.3 Å². The Morgan fingerprint density at radius 1 is 1.21 bits per heavy atom. The smallest absolute Gasteiger partial charge is 0.407 e. The lowest BCUT2D eigenvalue weighted by Crippen LogP contribution is -2.44. The van der Waals surface area contributed by atoms with Crippen molar-refractivity contribution in [3.05, 3.63) is 10.6 Å². The molecule has 6 nitrogen and oxygen atoms in total.